The van der Waals surface area contributed by atoms with Crippen LogP contribution in [0.4, 0.5) is 0 Å². The average molecular weight is 212 g/mol. The van der Waals surface area contributed by atoms with E-state index in [-0.39, 0.29) is 11.8 Å². The largest absolute Gasteiger partial charge is 0.272 e. The molecule has 2 unspecified atom stereocenters. The summed E-state index contributed by atoms with van der Waals surface area (Å²) in [5, 5.41) is 0. The Kier molecular flexibility index (Phi) is 2.17. The van der Waals surface area contributed by atoms with Crippen LogP contribution in [0.3, 0.4) is 0 Å². The Labute approximate surface area is 93.9 Å². The lowest BCUT2D eigenvalue weighted by atomic mass is 10.0. The van der Waals surface area contributed by atoms with Gasteiger partial charge in [-0.15, -0.1) is 0 Å². The van der Waals surface area contributed by atoms with Crippen LogP contribution in [-0.2, 0) is 4.79 Å². The number of nitrogens with zero attached hydrogens (tertiary/aromatic N) is 2. The number of aromatic nitrogens is 1. The summed E-state index contributed by atoms with van der Waals surface area (Å²) in [5.41, 5.74) is 2.18. The first-order valence-electron chi connectivity index (χ1n) is 5.53. The fraction of sp³-hybridized carbons (Fsp3) is 0.308. The van der Waals surface area contributed by atoms with Crippen molar-refractivity contribution in [1.82, 2.24) is 4.98 Å². The molecule has 3 nitrogen and oxygen atoms in total. The monoisotopic (exact) mass is 212 g/mol. The summed E-state index contributed by atoms with van der Waals surface area (Å²) in [6.07, 6.45) is 7.25. The van der Waals surface area contributed by atoms with E-state index < -0.39 is 0 Å². The maximum atomic E-state index is 11.4. The number of amides is 1. The number of fused-ring (bicyclic) bond motifs is 1. The fourth-order valence-electron chi connectivity index (χ4n) is 2.17. The van der Waals surface area contributed by atoms with E-state index >= 15 is 0 Å². The van der Waals surface area contributed by atoms with Gasteiger partial charge in [-0.3, -0.25) is 9.78 Å². The highest BCUT2D eigenvalue weighted by molar-refractivity contribution is 5.96. The molecule has 0 aromatic carbocycles. The second-order valence-corrected chi connectivity index (χ2v) is 4.33. The van der Waals surface area contributed by atoms with Crippen LogP contribution in [0.2, 0.25) is 0 Å². The molecule has 1 fully saturated rings. The number of carbonyl (C=O) groups is 1. The maximum absolute atomic E-state index is 11.4. The van der Waals surface area contributed by atoms with Gasteiger partial charge in [-0.05, 0) is 42.5 Å². The van der Waals surface area contributed by atoms with Crippen molar-refractivity contribution in [2.45, 2.75) is 12.8 Å². The number of carbonyl (C=O) groups excluding carboxylic acids is 1. The molecule has 16 heavy (non-hydrogen) atoms. The molecule has 1 aliphatic carbocycles. The van der Waals surface area contributed by atoms with Crippen molar-refractivity contribution in [3.8, 4) is 0 Å². The Bertz CT molecular complexity index is 476. The van der Waals surface area contributed by atoms with Gasteiger partial charge in [0.05, 0.1) is 5.69 Å². The first-order valence-corrected chi connectivity index (χ1v) is 5.53. The molecular formula is C13H12N2O. The van der Waals surface area contributed by atoms with E-state index in [9.17, 15) is 4.79 Å². The Hall–Kier alpha value is -1.77. The third-order valence-electron chi connectivity index (χ3n) is 3.19. The summed E-state index contributed by atoms with van der Waals surface area (Å²) < 4.78 is 0. The second-order valence-electron chi connectivity index (χ2n) is 4.33. The zero-order chi connectivity index (χ0) is 11.0. The summed E-state index contributed by atoms with van der Waals surface area (Å²) in [7, 11) is 0. The van der Waals surface area contributed by atoms with Crippen molar-refractivity contribution in [2.24, 2.45) is 16.8 Å². The Morgan fingerprint density at radius 1 is 1.31 bits per heavy atom. The zero-order valence-corrected chi connectivity index (χ0v) is 8.84. The van der Waals surface area contributed by atoms with Gasteiger partial charge in [-0.1, -0.05) is 6.07 Å². The lowest BCUT2D eigenvalue weighted by molar-refractivity contribution is -0.119. The lowest BCUT2D eigenvalue weighted by Crippen LogP contribution is -2.02. The van der Waals surface area contributed by atoms with E-state index in [1.54, 1.807) is 12.4 Å². The van der Waals surface area contributed by atoms with Crippen molar-refractivity contribution in [2.75, 3.05) is 0 Å². The SMILES string of the molecule is O=C1N=C/C=C(/c2ccccn2)CC2CC12. The van der Waals surface area contributed by atoms with Crippen molar-refractivity contribution >= 4 is 17.7 Å². The molecule has 1 amide bonds. The van der Waals surface area contributed by atoms with Gasteiger partial charge in [0.25, 0.3) is 0 Å². The van der Waals surface area contributed by atoms with Crippen LogP contribution in [0.15, 0.2) is 35.5 Å². The van der Waals surface area contributed by atoms with Crippen LogP contribution in [-0.4, -0.2) is 17.1 Å². The molecule has 3 rings (SSSR count). The van der Waals surface area contributed by atoms with Gasteiger partial charge in [0.2, 0.25) is 5.91 Å². The molecule has 1 saturated carbocycles. The number of hydrogen-bond acceptors (Lipinski definition) is 2. The summed E-state index contributed by atoms with van der Waals surface area (Å²) in [5.74, 6) is 0.697. The van der Waals surface area contributed by atoms with E-state index in [0.29, 0.717) is 5.92 Å². The van der Waals surface area contributed by atoms with Gasteiger partial charge in [-0.2, -0.15) is 0 Å². The first kappa shape index (κ1) is 9.46. The number of allylic oxidation sites excluding steroid dienone is 2. The topological polar surface area (TPSA) is 42.3 Å². The molecule has 0 spiro atoms. The van der Waals surface area contributed by atoms with E-state index in [2.05, 4.69) is 9.98 Å². The highest BCUT2D eigenvalue weighted by Gasteiger charge is 2.43. The van der Waals surface area contributed by atoms with Gasteiger partial charge in [0.1, 0.15) is 0 Å². The lowest BCUT2D eigenvalue weighted by Gasteiger charge is -2.06. The third-order valence-corrected chi connectivity index (χ3v) is 3.19. The highest BCUT2D eigenvalue weighted by atomic mass is 16.1. The smallest absolute Gasteiger partial charge is 0.249 e. The minimum Gasteiger partial charge on any atom is -0.272 e. The average Bonchev–Trinajstić information content (AvgIpc) is 3.05. The van der Waals surface area contributed by atoms with Gasteiger partial charge < -0.3 is 0 Å². The summed E-state index contributed by atoms with van der Waals surface area (Å²) in [6.45, 7) is 0. The molecule has 0 N–H and O–H groups in total. The van der Waals surface area contributed by atoms with Crippen LogP contribution in [0.1, 0.15) is 18.5 Å². The quantitative estimate of drug-likeness (QED) is 0.715. The van der Waals surface area contributed by atoms with Crippen molar-refractivity contribution in [1.29, 1.82) is 0 Å². The predicted molar refractivity (Wildman–Crippen MR) is 61.9 cm³/mol. The number of pyridine rings is 1. The van der Waals surface area contributed by atoms with Crippen LogP contribution in [0.25, 0.3) is 5.57 Å². The second kappa shape index (κ2) is 3.67. The van der Waals surface area contributed by atoms with E-state index in [1.165, 1.54) is 5.57 Å². The minimum atomic E-state index is 0.0429. The minimum absolute atomic E-state index is 0.0429. The third kappa shape index (κ3) is 1.69. The van der Waals surface area contributed by atoms with Gasteiger partial charge >= 0.3 is 0 Å². The molecule has 2 aliphatic rings. The first-order chi connectivity index (χ1) is 7.84. The summed E-state index contributed by atoms with van der Waals surface area (Å²) >= 11 is 0. The van der Waals surface area contributed by atoms with Crippen molar-refractivity contribution in [3.63, 3.8) is 0 Å². The fourth-order valence-corrected chi connectivity index (χ4v) is 2.17. The Morgan fingerprint density at radius 3 is 3.06 bits per heavy atom. The maximum Gasteiger partial charge on any atom is 0.249 e. The number of rotatable bonds is 1. The van der Waals surface area contributed by atoms with Crippen LogP contribution in [0.5, 0.6) is 0 Å². The molecule has 0 radical (unpaired) electrons. The summed E-state index contributed by atoms with van der Waals surface area (Å²) in [4.78, 5) is 19.7. The van der Waals surface area contributed by atoms with E-state index in [1.807, 2.05) is 24.3 Å². The van der Waals surface area contributed by atoms with Gasteiger partial charge in [-0.25, -0.2) is 4.99 Å². The molecule has 1 aliphatic heterocycles. The molecule has 3 heteroatoms. The number of hydrogen-bond donors (Lipinski definition) is 0. The molecule has 2 atom stereocenters. The molecular weight excluding hydrogens is 200 g/mol. The van der Waals surface area contributed by atoms with Crippen molar-refractivity contribution in [3.05, 3.63) is 36.2 Å². The Balaban J connectivity index is 1.93. The molecule has 2 heterocycles. The van der Waals surface area contributed by atoms with Crippen molar-refractivity contribution < 1.29 is 4.79 Å². The Morgan fingerprint density at radius 2 is 2.25 bits per heavy atom. The molecule has 1 aromatic rings. The van der Waals surface area contributed by atoms with Crippen LogP contribution < -0.4 is 0 Å². The molecule has 0 bridgehead atoms. The van der Waals surface area contributed by atoms with Gasteiger partial charge in [0, 0.05) is 18.3 Å². The van der Waals surface area contributed by atoms with Gasteiger partial charge in [0.15, 0.2) is 0 Å². The normalized spacial score (nSPS) is 31.0. The molecule has 0 saturated heterocycles. The molecule has 1 aromatic heterocycles. The standard InChI is InChI=1S/C13H12N2O/c16-13-11-8-10(11)7-9(4-6-15-13)12-3-1-2-5-14-12/h1-6,10-11H,7-8H2/b9-4+,15-6?. The zero-order valence-electron chi connectivity index (χ0n) is 8.84. The highest BCUT2D eigenvalue weighted by Crippen LogP contribution is 2.45. The van der Waals surface area contributed by atoms with E-state index in [0.717, 1.165) is 18.5 Å². The van der Waals surface area contributed by atoms with Crippen LogP contribution >= 0.6 is 0 Å². The van der Waals surface area contributed by atoms with E-state index in [4.69, 9.17) is 0 Å². The molecule has 80 valence electrons. The summed E-state index contributed by atoms with van der Waals surface area (Å²) in [6, 6.07) is 5.89. The number of aliphatic imine (C=N–C) groups is 1. The predicted octanol–water partition coefficient (Wildman–Crippen LogP) is 2.10. The van der Waals surface area contributed by atoms with Crippen LogP contribution in [0, 0.1) is 11.8 Å².